The van der Waals surface area contributed by atoms with Crippen molar-refractivity contribution >= 4 is 12.0 Å². The Morgan fingerprint density at radius 3 is 2.25 bits per heavy atom. The van der Waals surface area contributed by atoms with E-state index in [-0.39, 0.29) is 5.91 Å². The molecule has 4 aromatic rings. The van der Waals surface area contributed by atoms with Gasteiger partial charge in [-0.05, 0) is 47.4 Å². The summed E-state index contributed by atoms with van der Waals surface area (Å²) in [5.74, 6) is 0.00125. The predicted molar refractivity (Wildman–Crippen MR) is 131 cm³/mol. The van der Waals surface area contributed by atoms with E-state index in [1.807, 2.05) is 59.5 Å². The largest absolute Gasteiger partial charge is 0.345 e. The van der Waals surface area contributed by atoms with Crippen LogP contribution in [0.4, 0.5) is 0 Å². The van der Waals surface area contributed by atoms with Crippen LogP contribution >= 0.6 is 0 Å². The highest BCUT2D eigenvalue weighted by Gasteiger charge is 2.15. The lowest BCUT2D eigenvalue weighted by Crippen LogP contribution is -2.29. The standard InChI is InChI=1S/C29H28N2O/c1-24-11-8-9-16-27(24)22-30-20-10-17-28(30)23-31(21-26-14-6-3-7-15-26)29(32)19-18-25-12-4-2-5-13-25/h2-20H,21-23H2,1H3/b19-18+. The lowest BCUT2D eigenvalue weighted by Gasteiger charge is -2.23. The van der Waals surface area contributed by atoms with Crippen molar-refractivity contribution in [3.63, 3.8) is 0 Å². The number of hydrogen-bond donors (Lipinski definition) is 0. The third-order valence-electron chi connectivity index (χ3n) is 5.62. The van der Waals surface area contributed by atoms with E-state index in [0.717, 1.165) is 23.4 Å². The van der Waals surface area contributed by atoms with Gasteiger partial charge in [0.15, 0.2) is 0 Å². The van der Waals surface area contributed by atoms with Crippen LogP contribution < -0.4 is 0 Å². The molecule has 1 heterocycles. The number of hydrogen-bond acceptors (Lipinski definition) is 1. The van der Waals surface area contributed by atoms with E-state index in [4.69, 9.17) is 0 Å². The maximum absolute atomic E-state index is 13.2. The molecule has 160 valence electrons. The summed E-state index contributed by atoms with van der Waals surface area (Å²) in [6.45, 7) is 4.04. The Balaban J connectivity index is 1.56. The molecule has 0 aliphatic carbocycles. The maximum atomic E-state index is 13.2. The lowest BCUT2D eigenvalue weighted by molar-refractivity contribution is -0.127. The second-order valence-corrected chi connectivity index (χ2v) is 7.98. The van der Waals surface area contributed by atoms with E-state index in [0.29, 0.717) is 13.1 Å². The van der Waals surface area contributed by atoms with Gasteiger partial charge in [-0.25, -0.2) is 0 Å². The third-order valence-corrected chi connectivity index (χ3v) is 5.62. The Bertz CT molecular complexity index is 1180. The predicted octanol–water partition coefficient (Wildman–Crippen LogP) is 6.09. The van der Waals surface area contributed by atoms with Crippen molar-refractivity contribution in [1.29, 1.82) is 0 Å². The van der Waals surface area contributed by atoms with E-state index in [2.05, 4.69) is 66.2 Å². The van der Waals surface area contributed by atoms with E-state index in [1.165, 1.54) is 11.1 Å². The van der Waals surface area contributed by atoms with Crippen LogP contribution in [-0.4, -0.2) is 15.4 Å². The molecular formula is C29H28N2O. The molecule has 3 nitrogen and oxygen atoms in total. The Hall–Kier alpha value is -3.85. The van der Waals surface area contributed by atoms with Crippen LogP contribution in [0, 0.1) is 6.92 Å². The Labute approximate surface area is 190 Å². The highest BCUT2D eigenvalue weighted by Crippen LogP contribution is 2.16. The summed E-state index contributed by atoms with van der Waals surface area (Å²) in [6, 6.07) is 32.7. The van der Waals surface area contributed by atoms with Crippen LogP contribution in [0.15, 0.2) is 109 Å². The summed E-state index contributed by atoms with van der Waals surface area (Å²) in [7, 11) is 0. The van der Waals surface area contributed by atoms with Crippen LogP contribution in [-0.2, 0) is 24.4 Å². The van der Waals surface area contributed by atoms with Gasteiger partial charge in [0.2, 0.25) is 5.91 Å². The summed E-state index contributed by atoms with van der Waals surface area (Å²) in [4.78, 5) is 15.1. The van der Waals surface area contributed by atoms with Gasteiger partial charge in [-0.2, -0.15) is 0 Å². The van der Waals surface area contributed by atoms with Crippen molar-refractivity contribution in [3.05, 3.63) is 137 Å². The van der Waals surface area contributed by atoms with Crippen molar-refractivity contribution in [3.8, 4) is 0 Å². The molecule has 0 spiro atoms. The molecular weight excluding hydrogens is 392 g/mol. The molecule has 1 aromatic heterocycles. The summed E-state index contributed by atoms with van der Waals surface area (Å²) in [5.41, 5.74) is 5.81. The molecule has 0 unspecified atom stereocenters. The van der Waals surface area contributed by atoms with E-state index < -0.39 is 0 Å². The first-order valence-electron chi connectivity index (χ1n) is 10.9. The van der Waals surface area contributed by atoms with Crippen molar-refractivity contribution in [1.82, 2.24) is 9.47 Å². The quantitative estimate of drug-likeness (QED) is 0.317. The molecule has 3 aromatic carbocycles. The zero-order chi connectivity index (χ0) is 22.2. The van der Waals surface area contributed by atoms with Crippen molar-refractivity contribution in [2.24, 2.45) is 0 Å². The Morgan fingerprint density at radius 2 is 1.50 bits per heavy atom. The zero-order valence-corrected chi connectivity index (χ0v) is 18.4. The minimum absolute atomic E-state index is 0.00125. The first-order chi connectivity index (χ1) is 15.7. The molecule has 0 saturated carbocycles. The summed E-state index contributed by atoms with van der Waals surface area (Å²) < 4.78 is 2.23. The molecule has 0 aliphatic rings. The normalized spacial score (nSPS) is 11.0. The fourth-order valence-electron chi connectivity index (χ4n) is 3.77. The van der Waals surface area contributed by atoms with Crippen LogP contribution in [0.5, 0.6) is 0 Å². The zero-order valence-electron chi connectivity index (χ0n) is 18.4. The monoisotopic (exact) mass is 420 g/mol. The van der Waals surface area contributed by atoms with Gasteiger partial charge in [0.1, 0.15) is 0 Å². The number of aromatic nitrogens is 1. The van der Waals surface area contributed by atoms with Gasteiger partial charge in [-0.1, -0.05) is 84.9 Å². The van der Waals surface area contributed by atoms with Gasteiger partial charge in [-0.3, -0.25) is 4.79 Å². The molecule has 3 heteroatoms. The van der Waals surface area contributed by atoms with E-state index in [9.17, 15) is 4.79 Å². The smallest absolute Gasteiger partial charge is 0.247 e. The summed E-state index contributed by atoms with van der Waals surface area (Å²) >= 11 is 0. The molecule has 4 rings (SSSR count). The second kappa shape index (κ2) is 10.5. The highest BCUT2D eigenvalue weighted by atomic mass is 16.2. The summed E-state index contributed by atoms with van der Waals surface area (Å²) in [6.07, 6.45) is 5.65. The molecule has 0 radical (unpaired) electrons. The third kappa shape index (κ3) is 5.64. The number of carbonyl (C=O) groups is 1. The molecule has 1 amide bonds. The topological polar surface area (TPSA) is 25.2 Å². The van der Waals surface area contributed by atoms with E-state index in [1.54, 1.807) is 6.08 Å². The van der Waals surface area contributed by atoms with Gasteiger partial charge in [0, 0.05) is 31.1 Å². The van der Waals surface area contributed by atoms with Crippen LogP contribution in [0.3, 0.4) is 0 Å². The molecule has 32 heavy (non-hydrogen) atoms. The van der Waals surface area contributed by atoms with Crippen molar-refractivity contribution in [2.75, 3.05) is 0 Å². The first kappa shape index (κ1) is 21.4. The average Bonchev–Trinajstić information content (AvgIpc) is 3.26. The number of carbonyl (C=O) groups excluding carboxylic acids is 1. The van der Waals surface area contributed by atoms with Gasteiger partial charge in [0.05, 0.1) is 6.54 Å². The van der Waals surface area contributed by atoms with Crippen molar-refractivity contribution in [2.45, 2.75) is 26.6 Å². The molecule has 0 aliphatic heterocycles. The molecule has 0 fully saturated rings. The number of nitrogens with zero attached hydrogens (tertiary/aromatic N) is 2. The lowest BCUT2D eigenvalue weighted by atomic mass is 10.1. The van der Waals surface area contributed by atoms with Crippen LogP contribution in [0.2, 0.25) is 0 Å². The van der Waals surface area contributed by atoms with Gasteiger partial charge < -0.3 is 9.47 Å². The number of benzene rings is 3. The highest BCUT2D eigenvalue weighted by molar-refractivity contribution is 5.91. The SMILES string of the molecule is Cc1ccccc1Cn1cccc1CN(Cc1ccccc1)C(=O)/C=C/c1ccccc1. The summed E-state index contributed by atoms with van der Waals surface area (Å²) in [5, 5.41) is 0. The molecule has 0 bridgehead atoms. The number of rotatable bonds is 8. The second-order valence-electron chi connectivity index (χ2n) is 7.98. The number of aryl methyl sites for hydroxylation is 1. The Morgan fingerprint density at radius 1 is 0.812 bits per heavy atom. The average molecular weight is 421 g/mol. The fourth-order valence-corrected chi connectivity index (χ4v) is 3.77. The minimum atomic E-state index is 0.00125. The van der Waals surface area contributed by atoms with Crippen LogP contribution in [0.25, 0.3) is 6.08 Å². The minimum Gasteiger partial charge on any atom is -0.345 e. The molecule has 0 saturated heterocycles. The maximum Gasteiger partial charge on any atom is 0.247 e. The fraction of sp³-hybridized carbons (Fsp3) is 0.138. The van der Waals surface area contributed by atoms with Crippen molar-refractivity contribution < 1.29 is 4.79 Å². The first-order valence-corrected chi connectivity index (χ1v) is 10.9. The molecule has 0 N–H and O–H groups in total. The number of amides is 1. The molecule has 0 atom stereocenters. The Kier molecular flexibility index (Phi) is 6.98. The van der Waals surface area contributed by atoms with Gasteiger partial charge >= 0.3 is 0 Å². The van der Waals surface area contributed by atoms with E-state index >= 15 is 0 Å². The van der Waals surface area contributed by atoms with Crippen LogP contribution in [0.1, 0.15) is 27.9 Å². The van der Waals surface area contributed by atoms with Gasteiger partial charge in [-0.15, -0.1) is 0 Å². The van der Waals surface area contributed by atoms with Gasteiger partial charge in [0.25, 0.3) is 0 Å².